The minimum Gasteiger partial charge on any atom is -0.497 e. The molecule has 0 radical (unpaired) electrons. The number of nitro benzene ring substituents is 1. The number of nitrogens with one attached hydrogen (secondary N) is 1. The molecule has 0 bridgehead atoms. The van der Waals surface area contributed by atoms with Gasteiger partial charge < -0.3 is 14.5 Å². The van der Waals surface area contributed by atoms with Crippen molar-refractivity contribution in [2.75, 3.05) is 45.7 Å². The van der Waals surface area contributed by atoms with Gasteiger partial charge in [0.1, 0.15) is 11.4 Å². The number of nitrogens with zero attached hydrogens (tertiary/aromatic N) is 3. The second-order valence-electron chi connectivity index (χ2n) is 7.41. The van der Waals surface area contributed by atoms with Gasteiger partial charge in [-0.3, -0.25) is 10.1 Å². The van der Waals surface area contributed by atoms with Crippen LogP contribution in [-0.2, 0) is 23.0 Å². The molecule has 0 aliphatic carbocycles. The van der Waals surface area contributed by atoms with Crippen LogP contribution in [0.4, 0.5) is 11.4 Å². The molecule has 0 unspecified atom stereocenters. The third-order valence-corrected chi connectivity index (χ3v) is 6.53. The molecule has 1 N–H and O–H groups in total. The Morgan fingerprint density at radius 2 is 1.97 bits per heavy atom. The number of hydrogen-bond acceptors (Lipinski definition) is 7. The number of anilines is 1. The summed E-state index contributed by atoms with van der Waals surface area (Å²) in [5, 5.41) is 11.7. The van der Waals surface area contributed by atoms with Crippen molar-refractivity contribution in [3.63, 3.8) is 0 Å². The molecule has 1 heterocycles. The summed E-state index contributed by atoms with van der Waals surface area (Å²) in [6.07, 6.45) is 0.739. The van der Waals surface area contributed by atoms with Crippen molar-refractivity contribution < 1.29 is 18.1 Å². The fourth-order valence-electron chi connectivity index (χ4n) is 3.44. The standard InChI is InChI=1S/C20H26N4O5S/c1-22(2)11-9-21-30(27,28)18-6-7-19(20(13-18)24(25)26)23-10-8-15-4-5-17(29-3)12-16(15)14-23/h4-7,12-13,21H,8-11,14H2,1-3H3. The SMILES string of the molecule is COc1ccc2c(c1)CN(c1ccc(S(=O)(=O)NCCN(C)C)cc1[N+](=O)[O-])CC2. The van der Waals surface area contributed by atoms with Crippen molar-refractivity contribution in [2.45, 2.75) is 17.9 Å². The molecule has 2 aromatic carbocycles. The summed E-state index contributed by atoms with van der Waals surface area (Å²) in [6, 6.07) is 9.91. The number of ether oxygens (including phenoxy) is 1. The fraction of sp³-hybridized carbons (Fsp3) is 0.400. The Balaban J connectivity index is 1.88. The van der Waals surface area contributed by atoms with E-state index >= 15 is 0 Å². The first-order chi connectivity index (χ1) is 14.2. The van der Waals surface area contributed by atoms with Crippen molar-refractivity contribution in [3.05, 3.63) is 57.6 Å². The minimum atomic E-state index is -3.83. The van der Waals surface area contributed by atoms with Gasteiger partial charge >= 0.3 is 0 Å². The fourth-order valence-corrected chi connectivity index (χ4v) is 4.48. The third-order valence-electron chi connectivity index (χ3n) is 5.07. The number of likely N-dealkylation sites (N-methyl/N-ethyl adjacent to an activating group) is 1. The van der Waals surface area contributed by atoms with Crippen LogP contribution in [0, 0.1) is 10.1 Å². The summed E-state index contributed by atoms with van der Waals surface area (Å²) < 4.78 is 32.8. The number of sulfonamides is 1. The van der Waals surface area contributed by atoms with Crippen LogP contribution in [0.3, 0.4) is 0 Å². The molecule has 1 aliphatic heterocycles. The first-order valence-electron chi connectivity index (χ1n) is 9.55. The smallest absolute Gasteiger partial charge is 0.293 e. The zero-order valence-electron chi connectivity index (χ0n) is 17.3. The predicted octanol–water partition coefficient (Wildman–Crippen LogP) is 2.01. The van der Waals surface area contributed by atoms with Gasteiger partial charge in [0.2, 0.25) is 10.0 Å². The molecule has 0 atom stereocenters. The van der Waals surface area contributed by atoms with Gasteiger partial charge in [-0.2, -0.15) is 0 Å². The lowest BCUT2D eigenvalue weighted by Gasteiger charge is -2.30. The lowest BCUT2D eigenvalue weighted by molar-refractivity contribution is -0.384. The van der Waals surface area contributed by atoms with Crippen LogP contribution >= 0.6 is 0 Å². The van der Waals surface area contributed by atoms with Gasteiger partial charge in [-0.25, -0.2) is 13.1 Å². The van der Waals surface area contributed by atoms with E-state index in [0.29, 0.717) is 25.3 Å². The Kier molecular flexibility index (Phi) is 6.59. The summed E-state index contributed by atoms with van der Waals surface area (Å²) in [4.78, 5) is 14.8. The molecule has 0 aromatic heterocycles. The summed E-state index contributed by atoms with van der Waals surface area (Å²) in [7, 11) is 1.43. The number of benzene rings is 2. The van der Waals surface area contributed by atoms with E-state index in [-0.39, 0.29) is 17.1 Å². The monoisotopic (exact) mass is 434 g/mol. The number of nitro groups is 1. The van der Waals surface area contributed by atoms with Crippen LogP contribution in [0.1, 0.15) is 11.1 Å². The molecule has 0 amide bonds. The second kappa shape index (κ2) is 8.99. The molecular formula is C20H26N4O5S. The average molecular weight is 435 g/mol. The molecule has 1 aliphatic rings. The molecular weight excluding hydrogens is 408 g/mol. The van der Waals surface area contributed by atoms with Gasteiger partial charge in [0.15, 0.2) is 0 Å². The van der Waals surface area contributed by atoms with Crippen LogP contribution in [0.2, 0.25) is 0 Å². The normalized spacial score (nSPS) is 13.9. The van der Waals surface area contributed by atoms with Gasteiger partial charge in [0.05, 0.1) is 16.9 Å². The Bertz CT molecular complexity index is 1040. The Labute approximate surface area is 176 Å². The van der Waals surface area contributed by atoms with E-state index in [4.69, 9.17) is 4.74 Å². The maximum atomic E-state index is 12.5. The number of fused-ring (bicyclic) bond motifs is 1. The highest BCUT2D eigenvalue weighted by atomic mass is 32.2. The van der Waals surface area contributed by atoms with Crippen molar-refractivity contribution in [1.82, 2.24) is 9.62 Å². The van der Waals surface area contributed by atoms with Gasteiger partial charge in [-0.05, 0) is 55.9 Å². The molecule has 162 valence electrons. The molecule has 9 nitrogen and oxygen atoms in total. The average Bonchev–Trinajstić information content (AvgIpc) is 2.72. The minimum absolute atomic E-state index is 0.115. The van der Waals surface area contributed by atoms with Gasteiger partial charge in [0.25, 0.3) is 5.69 Å². The predicted molar refractivity (Wildman–Crippen MR) is 115 cm³/mol. The number of rotatable bonds is 8. The Morgan fingerprint density at radius 3 is 2.63 bits per heavy atom. The van der Waals surface area contributed by atoms with E-state index < -0.39 is 14.9 Å². The molecule has 0 saturated heterocycles. The van der Waals surface area contributed by atoms with Crippen molar-refractivity contribution in [1.29, 1.82) is 0 Å². The van der Waals surface area contributed by atoms with Crippen LogP contribution in [0.5, 0.6) is 5.75 Å². The number of methoxy groups -OCH3 is 1. The lowest BCUT2D eigenvalue weighted by atomic mass is 9.99. The van der Waals surface area contributed by atoms with Gasteiger partial charge in [-0.1, -0.05) is 6.07 Å². The van der Waals surface area contributed by atoms with E-state index in [9.17, 15) is 18.5 Å². The molecule has 2 aromatic rings. The highest BCUT2D eigenvalue weighted by Gasteiger charge is 2.26. The molecule has 0 fully saturated rings. The first-order valence-corrected chi connectivity index (χ1v) is 11.0. The summed E-state index contributed by atoms with van der Waals surface area (Å²) >= 11 is 0. The zero-order valence-corrected chi connectivity index (χ0v) is 18.1. The first kappa shape index (κ1) is 22.0. The summed E-state index contributed by atoms with van der Waals surface area (Å²) in [5.74, 6) is 0.732. The highest BCUT2D eigenvalue weighted by Crippen LogP contribution is 2.34. The number of hydrogen-bond donors (Lipinski definition) is 1. The second-order valence-corrected chi connectivity index (χ2v) is 9.18. The maximum Gasteiger partial charge on any atom is 0.293 e. The van der Waals surface area contributed by atoms with Crippen LogP contribution in [0.15, 0.2) is 41.3 Å². The van der Waals surface area contributed by atoms with E-state index in [1.54, 1.807) is 7.11 Å². The lowest BCUT2D eigenvalue weighted by Crippen LogP contribution is -2.32. The van der Waals surface area contributed by atoms with E-state index in [1.807, 2.05) is 42.1 Å². The quantitative estimate of drug-likeness (QED) is 0.500. The summed E-state index contributed by atoms with van der Waals surface area (Å²) in [5.41, 5.74) is 2.40. The zero-order chi connectivity index (χ0) is 21.9. The largest absolute Gasteiger partial charge is 0.497 e. The Hall–Kier alpha value is -2.69. The summed E-state index contributed by atoms with van der Waals surface area (Å²) in [6.45, 7) is 1.83. The van der Waals surface area contributed by atoms with Crippen molar-refractivity contribution in [2.24, 2.45) is 0 Å². The van der Waals surface area contributed by atoms with Crippen molar-refractivity contribution in [3.8, 4) is 5.75 Å². The van der Waals surface area contributed by atoms with Gasteiger partial charge in [-0.15, -0.1) is 0 Å². The van der Waals surface area contributed by atoms with Crippen LogP contribution in [-0.4, -0.2) is 59.1 Å². The molecule has 10 heteroatoms. The molecule has 0 spiro atoms. The van der Waals surface area contributed by atoms with Gasteiger partial charge in [0, 0.05) is 32.2 Å². The van der Waals surface area contributed by atoms with Crippen molar-refractivity contribution >= 4 is 21.4 Å². The molecule has 0 saturated carbocycles. The van der Waals surface area contributed by atoms with Crippen LogP contribution < -0.4 is 14.4 Å². The van der Waals surface area contributed by atoms with E-state index in [2.05, 4.69) is 4.72 Å². The maximum absolute atomic E-state index is 12.5. The molecule has 30 heavy (non-hydrogen) atoms. The van der Waals surface area contributed by atoms with Crippen LogP contribution in [0.25, 0.3) is 0 Å². The van der Waals surface area contributed by atoms with E-state index in [1.165, 1.54) is 17.7 Å². The molecule has 3 rings (SSSR count). The topological polar surface area (TPSA) is 105 Å². The highest BCUT2D eigenvalue weighted by molar-refractivity contribution is 7.89. The van der Waals surface area contributed by atoms with E-state index in [0.717, 1.165) is 23.8 Å². The third kappa shape index (κ3) is 4.89. The Morgan fingerprint density at radius 1 is 1.20 bits per heavy atom.